The van der Waals surface area contributed by atoms with E-state index in [9.17, 15) is 4.79 Å². The molecule has 1 aromatic carbocycles. The van der Waals surface area contributed by atoms with E-state index in [0.717, 1.165) is 0 Å². The molecule has 1 heterocycles. The average Bonchev–Trinajstić information content (AvgIpc) is 2.45. The third-order valence-corrected chi connectivity index (χ3v) is 3.56. The quantitative estimate of drug-likeness (QED) is 0.827. The SMILES string of the molecule is [B]=C(OCC)N1Cc2ccccc2CC1C(=O)NC(C)C. The second kappa shape index (κ2) is 6.79. The van der Waals surface area contributed by atoms with E-state index in [1.54, 1.807) is 0 Å². The van der Waals surface area contributed by atoms with Crippen molar-refractivity contribution < 1.29 is 9.53 Å². The van der Waals surface area contributed by atoms with Gasteiger partial charge in [-0.25, -0.2) is 0 Å². The van der Waals surface area contributed by atoms with Crippen LogP contribution in [0.2, 0.25) is 0 Å². The van der Waals surface area contributed by atoms with Crippen molar-refractivity contribution in [1.82, 2.24) is 10.2 Å². The van der Waals surface area contributed by atoms with Gasteiger partial charge in [0.05, 0.1) is 0 Å². The topological polar surface area (TPSA) is 41.6 Å². The normalized spacial score (nSPS) is 17.3. The van der Waals surface area contributed by atoms with E-state index in [4.69, 9.17) is 12.2 Å². The Bertz CT molecular complexity index is 531. The van der Waals surface area contributed by atoms with Crippen LogP contribution < -0.4 is 5.32 Å². The number of amides is 1. The summed E-state index contributed by atoms with van der Waals surface area (Å²) in [5.74, 6) is 0.304. The molecule has 1 N–H and O–H groups in total. The van der Waals surface area contributed by atoms with Gasteiger partial charge in [-0.15, -0.1) is 0 Å². The van der Waals surface area contributed by atoms with Crippen molar-refractivity contribution in [2.75, 3.05) is 6.61 Å². The first kappa shape index (κ1) is 15.6. The van der Waals surface area contributed by atoms with Crippen molar-refractivity contribution in [3.8, 4) is 0 Å². The summed E-state index contributed by atoms with van der Waals surface area (Å²) in [5.41, 5.74) is 2.38. The molecule has 1 amide bonds. The van der Waals surface area contributed by atoms with Crippen LogP contribution in [0.5, 0.6) is 0 Å². The number of ether oxygens (including phenoxy) is 1. The molecule has 5 heteroatoms. The van der Waals surface area contributed by atoms with Crippen LogP contribution in [-0.4, -0.2) is 42.8 Å². The number of carbonyl (C=O) groups is 1. The van der Waals surface area contributed by atoms with Gasteiger partial charge < -0.3 is 0 Å². The van der Waals surface area contributed by atoms with Crippen LogP contribution in [0.25, 0.3) is 0 Å². The van der Waals surface area contributed by atoms with Crippen LogP contribution in [0.1, 0.15) is 31.9 Å². The van der Waals surface area contributed by atoms with Crippen molar-refractivity contribution in [2.45, 2.75) is 45.8 Å². The Labute approximate surface area is 127 Å². The number of hydrogen-bond donors (Lipinski definition) is 1. The molecular formula is C16H22BN2O2. The second-order valence-corrected chi connectivity index (χ2v) is 5.55. The van der Waals surface area contributed by atoms with E-state index in [1.165, 1.54) is 11.1 Å². The minimum atomic E-state index is -0.325. The van der Waals surface area contributed by atoms with E-state index < -0.39 is 0 Å². The van der Waals surface area contributed by atoms with Crippen molar-refractivity contribution in [1.29, 1.82) is 0 Å². The summed E-state index contributed by atoms with van der Waals surface area (Å²) in [4.78, 5) is 14.3. The summed E-state index contributed by atoms with van der Waals surface area (Å²) in [7, 11) is 6.02. The number of rotatable bonds is 5. The molecule has 0 saturated carbocycles. The molecule has 0 aromatic heterocycles. The van der Waals surface area contributed by atoms with Gasteiger partial charge in [-0.1, -0.05) is 0 Å². The first-order valence-electron chi connectivity index (χ1n) is 7.42. The zero-order valence-corrected chi connectivity index (χ0v) is 12.9. The Morgan fingerprint density at radius 3 is 2.71 bits per heavy atom. The van der Waals surface area contributed by atoms with Crippen LogP contribution in [0.3, 0.4) is 0 Å². The summed E-state index contributed by atoms with van der Waals surface area (Å²) in [6.45, 7) is 6.87. The summed E-state index contributed by atoms with van der Waals surface area (Å²) in [6, 6.07) is 7.92. The van der Waals surface area contributed by atoms with Crippen LogP contribution in [-0.2, 0) is 22.5 Å². The molecule has 0 bridgehead atoms. The number of fused-ring (bicyclic) bond motifs is 1. The maximum absolute atomic E-state index is 12.5. The molecule has 111 valence electrons. The Morgan fingerprint density at radius 2 is 2.10 bits per heavy atom. The molecule has 0 saturated heterocycles. The third kappa shape index (κ3) is 3.66. The Kier molecular flexibility index (Phi) is 5.05. The summed E-state index contributed by atoms with van der Waals surface area (Å²) in [6.07, 6.45) is 0.641. The molecule has 0 aliphatic carbocycles. The van der Waals surface area contributed by atoms with Crippen LogP contribution in [0.15, 0.2) is 24.3 Å². The fourth-order valence-corrected chi connectivity index (χ4v) is 2.60. The standard InChI is InChI=1S/C16H22BN2O2/c1-4-21-16(17)19-10-13-8-6-5-7-12(13)9-14(19)15(20)18-11(2)3/h5-8,11,14H,4,9-10H2,1-3H3,(H,18,20). The van der Waals surface area contributed by atoms with Gasteiger partial charge in [0.2, 0.25) is 0 Å². The van der Waals surface area contributed by atoms with Gasteiger partial charge in [-0.2, -0.15) is 0 Å². The Morgan fingerprint density at radius 1 is 1.43 bits per heavy atom. The van der Waals surface area contributed by atoms with Crippen molar-refractivity contribution in [3.63, 3.8) is 0 Å². The number of benzene rings is 1. The molecule has 1 aliphatic rings. The fourth-order valence-electron chi connectivity index (χ4n) is 2.60. The zero-order valence-electron chi connectivity index (χ0n) is 12.9. The van der Waals surface area contributed by atoms with Crippen molar-refractivity contribution >= 4 is 19.2 Å². The van der Waals surface area contributed by atoms with Gasteiger partial charge in [0, 0.05) is 0 Å². The first-order chi connectivity index (χ1) is 10.0. The average molecular weight is 285 g/mol. The zero-order chi connectivity index (χ0) is 15.4. The Hall–Kier alpha value is -1.78. The van der Waals surface area contributed by atoms with E-state index in [0.29, 0.717) is 25.3 Å². The van der Waals surface area contributed by atoms with Gasteiger partial charge in [-0.3, -0.25) is 0 Å². The molecule has 2 rings (SSSR count). The minimum absolute atomic E-state index is 0.0119. The van der Waals surface area contributed by atoms with Gasteiger partial charge in [0.1, 0.15) is 0 Å². The van der Waals surface area contributed by atoms with Gasteiger partial charge in [-0.05, 0) is 0 Å². The summed E-state index contributed by atoms with van der Waals surface area (Å²) < 4.78 is 5.42. The third-order valence-electron chi connectivity index (χ3n) is 3.56. The van der Waals surface area contributed by atoms with Crippen molar-refractivity contribution in [3.05, 3.63) is 35.4 Å². The number of carbonyl (C=O) groups excluding carboxylic acids is 1. The Balaban J connectivity index is 2.26. The number of hydrogen-bond acceptors (Lipinski definition) is 3. The molecule has 1 atom stereocenters. The molecule has 1 aliphatic heterocycles. The number of nitrogens with one attached hydrogen (secondary N) is 1. The number of nitrogens with zero attached hydrogens (tertiary/aromatic N) is 1. The molecule has 0 fully saturated rings. The van der Waals surface area contributed by atoms with E-state index in [1.807, 2.05) is 37.8 Å². The first-order valence-corrected chi connectivity index (χ1v) is 7.42. The van der Waals surface area contributed by atoms with Gasteiger partial charge >= 0.3 is 127 Å². The van der Waals surface area contributed by atoms with Crippen LogP contribution in [0.4, 0.5) is 0 Å². The van der Waals surface area contributed by atoms with Gasteiger partial charge in [0.15, 0.2) is 0 Å². The fraction of sp³-hybridized carbons (Fsp3) is 0.500. The van der Waals surface area contributed by atoms with Crippen LogP contribution >= 0.6 is 0 Å². The van der Waals surface area contributed by atoms with E-state index in [2.05, 4.69) is 17.4 Å². The molecule has 1 unspecified atom stereocenters. The molecule has 1 aromatic rings. The summed E-state index contributed by atoms with van der Waals surface area (Å²) in [5, 5.41) is 2.97. The summed E-state index contributed by atoms with van der Waals surface area (Å²) >= 11 is 0. The molecular weight excluding hydrogens is 263 g/mol. The molecule has 1 radical (unpaired) electrons. The molecule has 4 nitrogen and oxygen atoms in total. The van der Waals surface area contributed by atoms with Crippen LogP contribution in [0, 0.1) is 0 Å². The predicted molar refractivity (Wildman–Crippen MR) is 85.1 cm³/mol. The predicted octanol–water partition coefficient (Wildman–Crippen LogP) is 1.23. The van der Waals surface area contributed by atoms with Crippen molar-refractivity contribution in [2.24, 2.45) is 0 Å². The van der Waals surface area contributed by atoms with E-state index in [-0.39, 0.29) is 18.0 Å². The van der Waals surface area contributed by atoms with E-state index >= 15 is 0 Å². The van der Waals surface area contributed by atoms with Gasteiger partial charge in [0.25, 0.3) is 0 Å². The second-order valence-electron chi connectivity index (χ2n) is 5.55. The molecule has 21 heavy (non-hydrogen) atoms. The maximum atomic E-state index is 12.5. The monoisotopic (exact) mass is 285 g/mol. The molecule has 0 spiro atoms.